The molecule has 0 spiro atoms. The number of hydrogen-bond donors (Lipinski definition) is 1. The summed E-state index contributed by atoms with van der Waals surface area (Å²) in [6, 6.07) is -0.445. The predicted octanol–water partition coefficient (Wildman–Crippen LogP) is 2.28. The summed E-state index contributed by atoms with van der Waals surface area (Å²) in [6.07, 6.45) is -2.12. The minimum absolute atomic E-state index is 0.414. The summed E-state index contributed by atoms with van der Waals surface area (Å²) < 4.78 is 37.2. The Morgan fingerprint density at radius 2 is 1.82 bits per heavy atom. The average Bonchev–Trinajstić information content (AvgIpc) is 2.46. The van der Waals surface area contributed by atoms with E-state index in [9.17, 15) is 18.0 Å². The third kappa shape index (κ3) is 3.87. The lowest BCUT2D eigenvalue weighted by Gasteiger charge is -2.24. The lowest BCUT2D eigenvalue weighted by Crippen LogP contribution is -2.43. The van der Waals surface area contributed by atoms with Crippen molar-refractivity contribution in [2.45, 2.75) is 57.9 Å². The lowest BCUT2D eigenvalue weighted by atomic mass is 10.2. The summed E-state index contributed by atoms with van der Waals surface area (Å²) >= 11 is 0. The minimum atomic E-state index is -4.33. The smallest absolute Gasteiger partial charge is 0.317 e. The molecule has 17 heavy (non-hydrogen) atoms. The molecule has 1 aliphatic heterocycles. The van der Waals surface area contributed by atoms with Gasteiger partial charge < -0.3 is 4.90 Å². The highest BCUT2D eigenvalue weighted by molar-refractivity contribution is 5.84. The number of amides is 1. The van der Waals surface area contributed by atoms with Crippen LogP contribution in [0.1, 0.15) is 39.5 Å². The van der Waals surface area contributed by atoms with Gasteiger partial charge in [0.15, 0.2) is 0 Å². The van der Waals surface area contributed by atoms with E-state index >= 15 is 0 Å². The highest BCUT2D eigenvalue weighted by Crippen LogP contribution is 2.24. The van der Waals surface area contributed by atoms with Crippen LogP contribution in [0.15, 0.2) is 0 Å². The van der Waals surface area contributed by atoms with Crippen LogP contribution in [0, 0.1) is 0 Å². The van der Waals surface area contributed by atoms with E-state index in [0.717, 1.165) is 17.7 Å². The Hall–Kier alpha value is -0.780. The summed E-state index contributed by atoms with van der Waals surface area (Å²) in [5.41, 5.74) is 0. The number of carbonyl (C=O) groups is 1. The van der Waals surface area contributed by atoms with E-state index < -0.39 is 30.8 Å². The Kier molecular flexibility index (Phi) is 4.80. The highest BCUT2D eigenvalue weighted by atomic mass is 19.4. The SMILES string of the molecule is CCCC1NC(CCC)N(CC(F)(F)F)C1=O. The van der Waals surface area contributed by atoms with E-state index in [1.807, 2.05) is 13.8 Å². The van der Waals surface area contributed by atoms with Gasteiger partial charge in [-0.1, -0.05) is 26.7 Å². The Morgan fingerprint density at radius 3 is 2.29 bits per heavy atom. The molecule has 100 valence electrons. The number of nitrogens with zero attached hydrogens (tertiary/aromatic N) is 1. The van der Waals surface area contributed by atoms with Gasteiger partial charge in [-0.05, 0) is 12.8 Å². The van der Waals surface area contributed by atoms with Crippen molar-refractivity contribution in [2.24, 2.45) is 0 Å². The van der Waals surface area contributed by atoms with Gasteiger partial charge in [0, 0.05) is 0 Å². The average molecular weight is 252 g/mol. The van der Waals surface area contributed by atoms with Crippen molar-refractivity contribution in [3.05, 3.63) is 0 Å². The van der Waals surface area contributed by atoms with E-state index in [1.165, 1.54) is 0 Å². The zero-order valence-corrected chi connectivity index (χ0v) is 10.2. The van der Waals surface area contributed by atoms with Gasteiger partial charge in [-0.3, -0.25) is 10.1 Å². The molecule has 1 heterocycles. The van der Waals surface area contributed by atoms with Crippen LogP contribution in [-0.4, -0.2) is 35.7 Å². The fraction of sp³-hybridized carbons (Fsp3) is 0.909. The van der Waals surface area contributed by atoms with Gasteiger partial charge in [-0.15, -0.1) is 0 Å². The molecule has 6 heteroatoms. The van der Waals surface area contributed by atoms with Crippen molar-refractivity contribution in [1.82, 2.24) is 10.2 Å². The molecule has 1 aliphatic rings. The van der Waals surface area contributed by atoms with E-state index in [2.05, 4.69) is 5.32 Å². The predicted molar refractivity (Wildman–Crippen MR) is 58.3 cm³/mol. The molecule has 0 aromatic carbocycles. The fourth-order valence-electron chi connectivity index (χ4n) is 2.14. The third-order valence-electron chi connectivity index (χ3n) is 2.84. The van der Waals surface area contributed by atoms with Crippen LogP contribution in [0.5, 0.6) is 0 Å². The number of nitrogens with one attached hydrogen (secondary N) is 1. The number of halogens is 3. The molecular formula is C11H19F3N2O. The molecule has 1 rings (SSSR count). The minimum Gasteiger partial charge on any atom is -0.317 e. The quantitative estimate of drug-likeness (QED) is 0.814. The Bertz CT molecular complexity index is 268. The van der Waals surface area contributed by atoms with E-state index in [0.29, 0.717) is 12.8 Å². The largest absolute Gasteiger partial charge is 0.406 e. The molecule has 1 fully saturated rings. The second-order valence-corrected chi connectivity index (χ2v) is 4.39. The molecule has 1 amide bonds. The van der Waals surface area contributed by atoms with Gasteiger partial charge in [-0.2, -0.15) is 13.2 Å². The van der Waals surface area contributed by atoms with Crippen LogP contribution in [0.2, 0.25) is 0 Å². The van der Waals surface area contributed by atoms with Crippen molar-refractivity contribution in [3.8, 4) is 0 Å². The summed E-state index contributed by atoms with van der Waals surface area (Å²) in [7, 11) is 0. The molecule has 1 saturated heterocycles. The molecule has 3 nitrogen and oxygen atoms in total. The van der Waals surface area contributed by atoms with Crippen molar-refractivity contribution < 1.29 is 18.0 Å². The Labute approximate surface area is 99.4 Å². The standard InChI is InChI=1S/C11H19F3N2O/c1-3-5-8-10(17)16(7-11(12,13)14)9(15-8)6-4-2/h8-9,15H,3-7H2,1-2H3. The maximum Gasteiger partial charge on any atom is 0.406 e. The van der Waals surface area contributed by atoms with Crippen molar-refractivity contribution in [3.63, 3.8) is 0 Å². The van der Waals surface area contributed by atoms with Crippen molar-refractivity contribution in [1.29, 1.82) is 0 Å². The molecule has 0 aromatic heterocycles. The summed E-state index contributed by atoms with van der Waals surface area (Å²) in [4.78, 5) is 12.8. The summed E-state index contributed by atoms with van der Waals surface area (Å²) in [6.45, 7) is 2.66. The molecule has 2 unspecified atom stereocenters. The zero-order valence-electron chi connectivity index (χ0n) is 10.2. The first kappa shape index (κ1) is 14.3. The molecule has 1 N–H and O–H groups in total. The zero-order chi connectivity index (χ0) is 13.1. The molecule has 0 radical (unpaired) electrons. The number of rotatable bonds is 5. The number of carbonyl (C=O) groups excluding carboxylic acids is 1. The summed E-state index contributed by atoms with van der Waals surface area (Å²) in [5.74, 6) is -0.414. The van der Waals surface area contributed by atoms with Crippen LogP contribution >= 0.6 is 0 Å². The van der Waals surface area contributed by atoms with E-state index in [4.69, 9.17) is 0 Å². The first-order valence-corrected chi connectivity index (χ1v) is 6.02. The summed E-state index contributed by atoms with van der Waals surface area (Å²) in [5, 5.41) is 2.99. The van der Waals surface area contributed by atoms with Gasteiger partial charge in [-0.25, -0.2) is 0 Å². The van der Waals surface area contributed by atoms with Crippen molar-refractivity contribution >= 4 is 5.91 Å². The molecule has 0 bridgehead atoms. The third-order valence-corrected chi connectivity index (χ3v) is 2.84. The lowest BCUT2D eigenvalue weighted by molar-refractivity contribution is -0.161. The first-order chi connectivity index (χ1) is 7.89. The van der Waals surface area contributed by atoms with Crippen LogP contribution in [-0.2, 0) is 4.79 Å². The number of hydrogen-bond acceptors (Lipinski definition) is 2. The van der Waals surface area contributed by atoms with E-state index in [1.54, 1.807) is 0 Å². The Balaban J connectivity index is 2.71. The second kappa shape index (κ2) is 5.71. The monoisotopic (exact) mass is 252 g/mol. The van der Waals surface area contributed by atoms with Crippen LogP contribution < -0.4 is 5.32 Å². The van der Waals surface area contributed by atoms with Gasteiger partial charge in [0.2, 0.25) is 5.91 Å². The molecule has 0 aromatic rings. The van der Waals surface area contributed by atoms with Crippen LogP contribution in [0.3, 0.4) is 0 Å². The maximum absolute atomic E-state index is 12.4. The maximum atomic E-state index is 12.4. The topological polar surface area (TPSA) is 32.3 Å². The molecular weight excluding hydrogens is 233 g/mol. The number of alkyl halides is 3. The molecule has 2 atom stereocenters. The van der Waals surface area contributed by atoms with E-state index in [-0.39, 0.29) is 0 Å². The van der Waals surface area contributed by atoms with Crippen LogP contribution in [0.4, 0.5) is 13.2 Å². The molecule has 0 aliphatic carbocycles. The Morgan fingerprint density at radius 1 is 1.24 bits per heavy atom. The first-order valence-electron chi connectivity index (χ1n) is 6.02. The highest BCUT2D eigenvalue weighted by Gasteiger charge is 2.43. The second-order valence-electron chi connectivity index (χ2n) is 4.39. The van der Waals surface area contributed by atoms with Crippen molar-refractivity contribution in [2.75, 3.05) is 6.54 Å². The van der Waals surface area contributed by atoms with Crippen LogP contribution in [0.25, 0.3) is 0 Å². The van der Waals surface area contributed by atoms with Gasteiger partial charge in [0.25, 0.3) is 0 Å². The van der Waals surface area contributed by atoms with Gasteiger partial charge in [0.05, 0.1) is 12.2 Å². The normalized spacial score (nSPS) is 25.7. The van der Waals surface area contributed by atoms with Gasteiger partial charge >= 0.3 is 6.18 Å². The fourth-order valence-corrected chi connectivity index (χ4v) is 2.14. The van der Waals surface area contributed by atoms with Gasteiger partial charge in [0.1, 0.15) is 6.54 Å². The molecule has 0 saturated carbocycles.